The molecule has 1 aliphatic heterocycles. The Balaban J connectivity index is 1.46. The van der Waals surface area contributed by atoms with Crippen LogP contribution in [0.25, 0.3) is 0 Å². The molecule has 2 amide bonds. The van der Waals surface area contributed by atoms with Gasteiger partial charge in [0.1, 0.15) is 5.75 Å². The predicted octanol–water partition coefficient (Wildman–Crippen LogP) is 3.24. The highest BCUT2D eigenvalue weighted by Gasteiger charge is 2.43. The van der Waals surface area contributed by atoms with E-state index in [-0.39, 0.29) is 29.7 Å². The van der Waals surface area contributed by atoms with Gasteiger partial charge in [0.2, 0.25) is 11.8 Å². The van der Waals surface area contributed by atoms with Crippen LogP contribution in [0.3, 0.4) is 0 Å². The molecular weight excluding hydrogens is 340 g/mol. The van der Waals surface area contributed by atoms with Crippen molar-refractivity contribution in [3.63, 3.8) is 0 Å². The first-order chi connectivity index (χ1) is 13.1. The average molecular weight is 364 g/mol. The normalized spacial score (nSPS) is 20.9. The Bertz CT molecular complexity index is 828. The van der Waals surface area contributed by atoms with Crippen molar-refractivity contribution in [2.75, 3.05) is 18.6 Å². The molecule has 1 heterocycles. The first-order valence-corrected chi connectivity index (χ1v) is 9.43. The highest BCUT2D eigenvalue weighted by Crippen LogP contribution is 2.41. The molecule has 1 aliphatic carbocycles. The Kier molecular flexibility index (Phi) is 4.60. The van der Waals surface area contributed by atoms with E-state index in [1.165, 1.54) is 0 Å². The Labute approximate surface area is 159 Å². The van der Waals surface area contributed by atoms with Crippen molar-refractivity contribution in [3.8, 4) is 5.75 Å². The van der Waals surface area contributed by atoms with E-state index in [0.717, 1.165) is 36.3 Å². The minimum Gasteiger partial charge on any atom is -0.497 e. The van der Waals surface area contributed by atoms with Gasteiger partial charge in [0.15, 0.2) is 0 Å². The SMILES string of the molecule is COc1ccc(N2C[C@@H](C(=O)NC3(c4ccccc4)CCC3)CC2=O)cc1. The van der Waals surface area contributed by atoms with Crippen LogP contribution >= 0.6 is 0 Å². The summed E-state index contributed by atoms with van der Waals surface area (Å²) in [5, 5.41) is 3.26. The van der Waals surface area contributed by atoms with E-state index in [2.05, 4.69) is 17.4 Å². The summed E-state index contributed by atoms with van der Waals surface area (Å²) in [5.74, 6) is 0.390. The van der Waals surface area contributed by atoms with Crippen molar-refractivity contribution >= 4 is 17.5 Å². The number of ether oxygens (including phenoxy) is 1. The summed E-state index contributed by atoms with van der Waals surface area (Å²) in [7, 11) is 1.61. The van der Waals surface area contributed by atoms with Crippen molar-refractivity contribution in [2.24, 2.45) is 5.92 Å². The molecule has 2 fully saturated rings. The summed E-state index contributed by atoms with van der Waals surface area (Å²) >= 11 is 0. The predicted molar refractivity (Wildman–Crippen MR) is 104 cm³/mol. The number of carbonyl (C=O) groups is 2. The monoisotopic (exact) mass is 364 g/mol. The maximum atomic E-state index is 12.9. The molecule has 0 radical (unpaired) electrons. The summed E-state index contributed by atoms with van der Waals surface area (Å²) in [5.41, 5.74) is 1.69. The van der Waals surface area contributed by atoms with E-state index in [0.29, 0.717) is 6.54 Å². The van der Waals surface area contributed by atoms with Crippen molar-refractivity contribution in [1.82, 2.24) is 5.32 Å². The lowest BCUT2D eigenvalue weighted by Gasteiger charge is -2.43. The first kappa shape index (κ1) is 17.6. The molecule has 2 aromatic rings. The summed E-state index contributed by atoms with van der Waals surface area (Å²) in [6, 6.07) is 17.5. The van der Waals surface area contributed by atoms with E-state index in [1.807, 2.05) is 42.5 Å². The largest absolute Gasteiger partial charge is 0.497 e. The maximum Gasteiger partial charge on any atom is 0.227 e. The molecule has 0 bridgehead atoms. The molecule has 4 rings (SSSR count). The number of amides is 2. The second-order valence-corrected chi connectivity index (χ2v) is 7.39. The number of rotatable bonds is 5. The van der Waals surface area contributed by atoms with Crippen molar-refractivity contribution in [1.29, 1.82) is 0 Å². The fourth-order valence-corrected chi connectivity index (χ4v) is 4.01. The lowest BCUT2D eigenvalue weighted by molar-refractivity contribution is -0.129. The van der Waals surface area contributed by atoms with Gasteiger partial charge in [-0.25, -0.2) is 0 Å². The quantitative estimate of drug-likeness (QED) is 0.886. The van der Waals surface area contributed by atoms with Crippen molar-refractivity contribution in [3.05, 3.63) is 60.2 Å². The van der Waals surface area contributed by atoms with Gasteiger partial charge in [-0.3, -0.25) is 9.59 Å². The number of carbonyl (C=O) groups excluding carboxylic acids is 2. The Morgan fingerprint density at radius 1 is 1.11 bits per heavy atom. The van der Waals surface area contributed by atoms with E-state index >= 15 is 0 Å². The van der Waals surface area contributed by atoms with Crippen LogP contribution in [-0.2, 0) is 15.1 Å². The second kappa shape index (κ2) is 7.06. The first-order valence-electron chi connectivity index (χ1n) is 9.43. The molecule has 1 N–H and O–H groups in total. The van der Waals surface area contributed by atoms with Gasteiger partial charge in [-0.15, -0.1) is 0 Å². The number of methoxy groups -OCH3 is 1. The van der Waals surface area contributed by atoms with Gasteiger partial charge >= 0.3 is 0 Å². The second-order valence-electron chi connectivity index (χ2n) is 7.39. The third-order valence-corrected chi connectivity index (χ3v) is 5.78. The minimum atomic E-state index is -0.319. The van der Waals surface area contributed by atoms with Crippen LogP contribution in [-0.4, -0.2) is 25.5 Å². The third kappa shape index (κ3) is 3.29. The lowest BCUT2D eigenvalue weighted by atomic mass is 9.71. The number of nitrogens with zero attached hydrogens (tertiary/aromatic N) is 1. The molecule has 2 aliphatic rings. The number of anilines is 1. The third-order valence-electron chi connectivity index (χ3n) is 5.78. The topological polar surface area (TPSA) is 58.6 Å². The number of hydrogen-bond donors (Lipinski definition) is 1. The number of benzene rings is 2. The molecule has 140 valence electrons. The lowest BCUT2D eigenvalue weighted by Crippen LogP contribution is -2.52. The smallest absolute Gasteiger partial charge is 0.227 e. The molecule has 0 aromatic heterocycles. The molecule has 1 saturated heterocycles. The molecule has 5 nitrogen and oxygen atoms in total. The highest BCUT2D eigenvalue weighted by atomic mass is 16.5. The van der Waals surface area contributed by atoms with Gasteiger partial charge in [-0.2, -0.15) is 0 Å². The Hall–Kier alpha value is -2.82. The number of hydrogen-bond acceptors (Lipinski definition) is 3. The molecule has 0 unspecified atom stereocenters. The van der Waals surface area contributed by atoms with Crippen LogP contribution in [0.5, 0.6) is 5.75 Å². The van der Waals surface area contributed by atoms with Gasteiger partial charge in [-0.05, 0) is 49.1 Å². The van der Waals surface area contributed by atoms with E-state index in [4.69, 9.17) is 4.74 Å². The zero-order valence-corrected chi connectivity index (χ0v) is 15.5. The summed E-state index contributed by atoms with van der Waals surface area (Å²) in [6.07, 6.45) is 3.26. The van der Waals surface area contributed by atoms with Gasteiger partial charge in [-0.1, -0.05) is 30.3 Å². The van der Waals surface area contributed by atoms with Crippen LogP contribution in [0.4, 0.5) is 5.69 Å². The molecule has 1 saturated carbocycles. The van der Waals surface area contributed by atoms with E-state index < -0.39 is 0 Å². The van der Waals surface area contributed by atoms with E-state index in [1.54, 1.807) is 12.0 Å². The fraction of sp³-hybridized carbons (Fsp3) is 0.364. The molecule has 0 spiro atoms. The van der Waals surface area contributed by atoms with Crippen LogP contribution in [0.2, 0.25) is 0 Å². The van der Waals surface area contributed by atoms with Gasteiger partial charge in [0.05, 0.1) is 18.6 Å². The molecule has 2 aromatic carbocycles. The molecular formula is C22H24N2O3. The standard InChI is InChI=1S/C22H24N2O3/c1-27-19-10-8-18(9-11-19)24-15-16(14-20(24)25)21(26)23-22(12-5-13-22)17-6-3-2-4-7-17/h2-4,6-11,16H,5,12-15H2,1H3,(H,23,26)/t16-/m0/s1. The zero-order chi connectivity index (χ0) is 18.9. The van der Waals surface area contributed by atoms with Crippen LogP contribution < -0.4 is 15.0 Å². The average Bonchev–Trinajstić information content (AvgIpc) is 3.07. The van der Waals surface area contributed by atoms with Gasteiger partial charge in [0.25, 0.3) is 0 Å². The molecule has 27 heavy (non-hydrogen) atoms. The summed E-state index contributed by atoms with van der Waals surface area (Å²) in [6.45, 7) is 0.419. The van der Waals surface area contributed by atoms with Crippen LogP contribution in [0.1, 0.15) is 31.2 Å². The van der Waals surface area contributed by atoms with Crippen molar-refractivity contribution in [2.45, 2.75) is 31.2 Å². The fourth-order valence-electron chi connectivity index (χ4n) is 4.01. The maximum absolute atomic E-state index is 12.9. The van der Waals surface area contributed by atoms with Crippen LogP contribution in [0.15, 0.2) is 54.6 Å². The van der Waals surface area contributed by atoms with Crippen molar-refractivity contribution < 1.29 is 14.3 Å². The summed E-state index contributed by atoms with van der Waals surface area (Å²) < 4.78 is 5.17. The van der Waals surface area contributed by atoms with E-state index in [9.17, 15) is 9.59 Å². The molecule has 1 atom stereocenters. The van der Waals surface area contributed by atoms with Crippen LogP contribution in [0, 0.1) is 5.92 Å². The minimum absolute atomic E-state index is 0.0114. The summed E-state index contributed by atoms with van der Waals surface area (Å²) in [4.78, 5) is 27.1. The zero-order valence-electron chi connectivity index (χ0n) is 15.5. The van der Waals surface area contributed by atoms with Gasteiger partial charge in [0, 0.05) is 18.7 Å². The molecule has 5 heteroatoms. The van der Waals surface area contributed by atoms with Gasteiger partial charge < -0.3 is 15.0 Å². The number of nitrogens with one attached hydrogen (secondary N) is 1. The Morgan fingerprint density at radius 2 is 1.81 bits per heavy atom. The Morgan fingerprint density at radius 3 is 2.41 bits per heavy atom. The highest BCUT2D eigenvalue weighted by molar-refractivity contribution is 6.00.